The van der Waals surface area contributed by atoms with Crippen LogP contribution in [0.25, 0.3) is 11.3 Å². The number of nitrogens with one attached hydrogen (secondary N) is 2. The lowest BCUT2D eigenvalue weighted by molar-refractivity contribution is 0.0996. The van der Waals surface area contributed by atoms with Crippen molar-refractivity contribution in [2.75, 3.05) is 36.4 Å². The molecule has 0 radical (unpaired) electrons. The summed E-state index contributed by atoms with van der Waals surface area (Å²) in [6, 6.07) is 18.1. The number of rotatable bonds is 7. The van der Waals surface area contributed by atoms with Crippen LogP contribution in [0.2, 0.25) is 0 Å². The second-order valence-corrected chi connectivity index (χ2v) is 7.88. The van der Waals surface area contributed by atoms with Crippen LogP contribution >= 0.6 is 0 Å². The summed E-state index contributed by atoms with van der Waals surface area (Å²) in [6.45, 7) is 4.49. The molecular formula is C24H25N7O2. The van der Waals surface area contributed by atoms with E-state index in [1.54, 1.807) is 6.20 Å². The quantitative estimate of drug-likeness (QED) is 0.402. The molecule has 168 valence electrons. The van der Waals surface area contributed by atoms with Crippen molar-refractivity contribution >= 4 is 23.3 Å². The topological polar surface area (TPSA) is 114 Å². The van der Waals surface area contributed by atoms with Gasteiger partial charge in [0.25, 0.3) is 5.91 Å². The number of hydrogen-bond donors (Lipinski definition) is 3. The fourth-order valence-electron chi connectivity index (χ4n) is 3.89. The monoisotopic (exact) mass is 443 g/mol. The fraction of sp³-hybridized carbons (Fsp3) is 0.208. The summed E-state index contributed by atoms with van der Waals surface area (Å²) in [5.41, 5.74) is 9.37. The highest BCUT2D eigenvalue weighted by atomic mass is 16.4. The van der Waals surface area contributed by atoms with E-state index in [4.69, 9.17) is 10.2 Å². The minimum absolute atomic E-state index is 0.0871. The first-order chi connectivity index (χ1) is 16.2. The van der Waals surface area contributed by atoms with Crippen LogP contribution in [0.3, 0.4) is 0 Å². The summed E-state index contributed by atoms with van der Waals surface area (Å²) in [5.74, 6) is -0.304. The zero-order chi connectivity index (χ0) is 22.6. The molecule has 9 nitrogen and oxygen atoms in total. The number of oxazole rings is 1. The number of nitrogens with zero attached hydrogens (tertiary/aromatic N) is 4. The zero-order valence-electron chi connectivity index (χ0n) is 18.1. The van der Waals surface area contributed by atoms with Gasteiger partial charge in [-0.15, -0.1) is 0 Å². The molecule has 0 bridgehead atoms. The summed E-state index contributed by atoms with van der Waals surface area (Å²) < 4.78 is 7.71. The highest BCUT2D eigenvalue weighted by Gasteiger charge is 2.20. The maximum Gasteiger partial charge on any atom is 0.300 e. The lowest BCUT2D eigenvalue weighted by Gasteiger charge is -2.29. The van der Waals surface area contributed by atoms with E-state index in [2.05, 4.69) is 25.6 Å². The van der Waals surface area contributed by atoms with Crippen LogP contribution in [-0.4, -0.2) is 46.9 Å². The van der Waals surface area contributed by atoms with E-state index in [0.717, 1.165) is 43.0 Å². The van der Waals surface area contributed by atoms with E-state index in [-0.39, 0.29) is 11.7 Å². The minimum Gasteiger partial charge on any atom is -0.422 e. The predicted octanol–water partition coefficient (Wildman–Crippen LogP) is 2.84. The number of hydrogen-bond acceptors (Lipinski definition) is 7. The molecule has 2 aromatic heterocycles. The SMILES string of the molecule is NC(=O)c1nc(Nc2cnn(Cc3ccccc3)c2)oc1-c1ccc(N2CCNCC2)cc1. The number of carbonyl (C=O) groups is 1. The minimum atomic E-state index is -0.646. The van der Waals surface area contributed by atoms with Gasteiger partial charge in [0, 0.05) is 43.6 Å². The maximum absolute atomic E-state index is 12.0. The molecule has 0 unspecified atom stereocenters. The van der Waals surface area contributed by atoms with E-state index < -0.39 is 5.91 Å². The van der Waals surface area contributed by atoms with Crippen LogP contribution in [0.1, 0.15) is 16.1 Å². The Kier molecular flexibility index (Phi) is 5.77. The molecule has 0 spiro atoms. The molecule has 0 atom stereocenters. The number of piperazine rings is 1. The molecule has 0 aliphatic carbocycles. The average Bonchev–Trinajstić information content (AvgIpc) is 3.48. The molecule has 4 aromatic rings. The molecule has 4 N–H and O–H groups in total. The first-order valence-corrected chi connectivity index (χ1v) is 10.9. The van der Waals surface area contributed by atoms with Gasteiger partial charge in [-0.1, -0.05) is 30.3 Å². The van der Waals surface area contributed by atoms with Gasteiger partial charge in [-0.3, -0.25) is 9.48 Å². The van der Waals surface area contributed by atoms with Gasteiger partial charge in [0.15, 0.2) is 11.5 Å². The van der Waals surface area contributed by atoms with Crippen molar-refractivity contribution in [3.63, 3.8) is 0 Å². The molecule has 2 aromatic carbocycles. The largest absolute Gasteiger partial charge is 0.422 e. The third kappa shape index (κ3) is 4.73. The molecule has 9 heteroatoms. The summed E-state index contributed by atoms with van der Waals surface area (Å²) in [6.07, 6.45) is 3.53. The van der Waals surface area contributed by atoms with E-state index in [9.17, 15) is 4.79 Å². The summed E-state index contributed by atoms with van der Waals surface area (Å²) in [7, 11) is 0. The molecule has 0 saturated carbocycles. The second kappa shape index (κ2) is 9.17. The summed E-state index contributed by atoms with van der Waals surface area (Å²) >= 11 is 0. The molecule has 33 heavy (non-hydrogen) atoms. The Morgan fingerprint density at radius 2 is 1.85 bits per heavy atom. The van der Waals surface area contributed by atoms with Crippen LogP contribution in [0.4, 0.5) is 17.4 Å². The number of nitrogens with two attached hydrogens (primary N) is 1. The smallest absolute Gasteiger partial charge is 0.300 e. The highest BCUT2D eigenvalue weighted by molar-refractivity contribution is 5.97. The molecular weight excluding hydrogens is 418 g/mol. The first kappa shape index (κ1) is 20.8. The molecule has 1 aliphatic heterocycles. The second-order valence-electron chi connectivity index (χ2n) is 7.88. The zero-order valence-corrected chi connectivity index (χ0v) is 18.1. The molecule has 1 amide bonds. The lowest BCUT2D eigenvalue weighted by Crippen LogP contribution is -2.43. The normalized spacial score (nSPS) is 13.8. The lowest BCUT2D eigenvalue weighted by atomic mass is 10.1. The van der Waals surface area contributed by atoms with E-state index in [1.165, 1.54) is 0 Å². The Balaban J connectivity index is 1.34. The Bertz CT molecular complexity index is 1230. The standard InChI is InChI=1S/C24H25N7O2/c25-23(32)21-22(18-6-8-20(9-7-18)30-12-10-26-11-13-30)33-24(29-21)28-19-14-27-31(16-19)15-17-4-2-1-3-5-17/h1-9,14,16,26H,10-13,15H2,(H2,25,32)(H,28,29). The van der Waals surface area contributed by atoms with E-state index in [0.29, 0.717) is 18.0 Å². The van der Waals surface area contributed by atoms with Crippen molar-refractivity contribution < 1.29 is 9.21 Å². The number of anilines is 3. The van der Waals surface area contributed by atoms with Gasteiger partial charge in [0.1, 0.15) is 0 Å². The molecule has 1 fully saturated rings. The van der Waals surface area contributed by atoms with E-state index in [1.807, 2.05) is 65.5 Å². The Hall–Kier alpha value is -4.11. The third-order valence-electron chi connectivity index (χ3n) is 5.54. The maximum atomic E-state index is 12.0. The van der Waals surface area contributed by atoms with Gasteiger partial charge in [-0.2, -0.15) is 10.1 Å². The van der Waals surface area contributed by atoms with Gasteiger partial charge in [0.05, 0.1) is 18.4 Å². The van der Waals surface area contributed by atoms with E-state index >= 15 is 0 Å². The Morgan fingerprint density at radius 3 is 2.58 bits per heavy atom. The van der Waals surface area contributed by atoms with Crippen molar-refractivity contribution in [3.8, 4) is 11.3 Å². The van der Waals surface area contributed by atoms with Crippen LogP contribution in [0, 0.1) is 0 Å². The number of amides is 1. The molecule has 5 rings (SSSR count). The summed E-state index contributed by atoms with van der Waals surface area (Å²) in [4.78, 5) is 18.6. The molecule has 3 heterocycles. The number of aromatic nitrogens is 3. The van der Waals surface area contributed by atoms with Gasteiger partial charge in [0.2, 0.25) is 0 Å². The molecule has 1 aliphatic rings. The van der Waals surface area contributed by atoms with Gasteiger partial charge >= 0.3 is 6.01 Å². The van der Waals surface area contributed by atoms with Crippen molar-refractivity contribution in [2.45, 2.75) is 6.54 Å². The van der Waals surface area contributed by atoms with Crippen molar-refractivity contribution in [2.24, 2.45) is 5.73 Å². The fourth-order valence-corrected chi connectivity index (χ4v) is 3.89. The van der Waals surface area contributed by atoms with Crippen LogP contribution in [0.5, 0.6) is 0 Å². The van der Waals surface area contributed by atoms with Gasteiger partial charge < -0.3 is 25.7 Å². The highest BCUT2D eigenvalue weighted by Crippen LogP contribution is 2.30. The first-order valence-electron chi connectivity index (χ1n) is 10.9. The third-order valence-corrected chi connectivity index (χ3v) is 5.54. The van der Waals surface area contributed by atoms with Crippen LogP contribution in [-0.2, 0) is 6.54 Å². The predicted molar refractivity (Wildman–Crippen MR) is 127 cm³/mol. The molecule has 1 saturated heterocycles. The van der Waals surface area contributed by atoms with Gasteiger partial charge in [-0.05, 0) is 29.8 Å². The Morgan fingerprint density at radius 1 is 1.09 bits per heavy atom. The van der Waals surface area contributed by atoms with Crippen molar-refractivity contribution in [1.82, 2.24) is 20.1 Å². The summed E-state index contributed by atoms with van der Waals surface area (Å²) in [5, 5.41) is 10.8. The van der Waals surface area contributed by atoms with Crippen molar-refractivity contribution in [1.29, 1.82) is 0 Å². The number of primary amides is 1. The number of carbonyl (C=O) groups excluding carboxylic acids is 1. The average molecular weight is 444 g/mol. The van der Waals surface area contributed by atoms with Gasteiger partial charge in [-0.25, -0.2) is 0 Å². The van der Waals surface area contributed by atoms with Crippen LogP contribution in [0.15, 0.2) is 71.4 Å². The Labute approximate surface area is 191 Å². The number of benzene rings is 2. The van der Waals surface area contributed by atoms with Crippen molar-refractivity contribution in [3.05, 3.63) is 78.2 Å². The van der Waals surface area contributed by atoms with Crippen LogP contribution < -0.4 is 21.3 Å².